The Labute approximate surface area is 128 Å². The van der Waals surface area contributed by atoms with Crippen LogP contribution in [-0.4, -0.2) is 21.0 Å². The maximum atomic E-state index is 11.0. The van der Waals surface area contributed by atoms with Crippen LogP contribution < -0.4 is 5.32 Å². The molecule has 1 aromatic heterocycles. The standard InChI is InChI=1S/C12H7Cl2N3O4/c13-6-1-7(14)3-8(2-6)16-11-4-9(12(18)19)10(5-15-11)17(20)21/h1-5H,(H,15,16)(H,18,19). The summed E-state index contributed by atoms with van der Waals surface area (Å²) in [5, 5.41) is 23.3. The fraction of sp³-hybridized carbons (Fsp3) is 0. The van der Waals surface area contributed by atoms with E-state index in [9.17, 15) is 14.9 Å². The van der Waals surface area contributed by atoms with Crippen LogP contribution in [0, 0.1) is 10.1 Å². The molecule has 2 rings (SSSR count). The van der Waals surface area contributed by atoms with Crippen molar-refractivity contribution in [2.75, 3.05) is 5.32 Å². The molecule has 9 heteroatoms. The summed E-state index contributed by atoms with van der Waals surface area (Å²) in [5.74, 6) is -1.30. The predicted octanol–water partition coefficient (Wildman–Crippen LogP) is 3.74. The number of pyridine rings is 1. The maximum Gasteiger partial charge on any atom is 0.342 e. The monoisotopic (exact) mass is 327 g/mol. The maximum absolute atomic E-state index is 11.0. The highest BCUT2D eigenvalue weighted by Crippen LogP contribution is 2.26. The Bertz CT molecular complexity index is 716. The second-order valence-electron chi connectivity index (χ2n) is 3.93. The molecule has 1 heterocycles. The van der Waals surface area contributed by atoms with Gasteiger partial charge >= 0.3 is 11.7 Å². The Hall–Kier alpha value is -2.38. The number of hydrogen-bond donors (Lipinski definition) is 2. The van der Waals surface area contributed by atoms with Crippen molar-refractivity contribution >= 4 is 46.4 Å². The molecule has 0 aliphatic heterocycles. The summed E-state index contributed by atoms with van der Waals surface area (Å²) in [6.07, 6.45) is 0.873. The van der Waals surface area contributed by atoms with Gasteiger partial charge in [0.25, 0.3) is 0 Å². The number of carbonyl (C=O) groups is 1. The second-order valence-corrected chi connectivity index (χ2v) is 4.80. The van der Waals surface area contributed by atoms with E-state index >= 15 is 0 Å². The molecule has 0 unspecified atom stereocenters. The van der Waals surface area contributed by atoms with Crippen molar-refractivity contribution in [3.63, 3.8) is 0 Å². The number of anilines is 2. The van der Waals surface area contributed by atoms with E-state index in [4.69, 9.17) is 28.3 Å². The van der Waals surface area contributed by atoms with Crippen molar-refractivity contribution in [2.45, 2.75) is 0 Å². The van der Waals surface area contributed by atoms with Gasteiger partial charge in [-0.05, 0) is 18.2 Å². The SMILES string of the molecule is O=C(O)c1cc(Nc2cc(Cl)cc(Cl)c2)ncc1[N+](=O)[O-]. The van der Waals surface area contributed by atoms with Gasteiger partial charge in [-0.15, -0.1) is 0 Å². The van der Waals surface area contributed by atoms with Gasteiger partial charge in [-0.25, -0.2) is 9.78 Å². The van der Waals surface area contributed by atoms with E-state index in [-0.39, 0.29) is 5.82 Å². The van der Waals surface area contributed by atoms with Crippen molar-refractivity contribution in [3.05, 3.63) is 56.2 Å². The molecule has 0 amide bonds. The lowest BCUT2D eigenvalue weighted by molar-refractivity contribution is -0.385. The van der Waals surface area contributed by atoms with Crippen LogP contribution in [0.5, 0.6) is 0 Å². The van der Waals surface area contributed by atoms with Crippen LogP contribution in [0.25, 0.3) is 0 Å². The molecule has 0 spiro atoms. The molecule has 0 aliphatic rings. The van der Waals surface area contributed by atoms with Gasteiger partial charge < -0.3 is 10.4 Å². The van der Waals surface area contributed by atoms with Crippen molar-refractivity contribution in [3.8, 4) is 0 Å². The van der Waals surface area contributed by atoms with E-state index in [1.165, 1.54) is 6.07 Å². The topological polar surface area (TPSA) is 105 Å². The first-order valence-corrected chi connectivity index (χ1v) is 6.23. The minimum Gasteiger partial charge on any atom is -0.477 e. The van der Waals surface area contributed by atoms with Crippen molar-refractivity contribution in [1.82, 2.24) is 4.98 Å². The zero-order valence-corrected chi connectivity index (χ0v) is 11.7. The summed E-state index contributed by atoms with van der Waals surface area (Å²) in [7, 11) is 0. The number of aromatic carboxylic acids is 1. The fourth-order valence-electron chi connectivity index (χ4n) is 1.61. The molecule has 0 aliphatic carbocycles. The molecule has 21 heavy (non-hydrogen) atoms. The lowest BCUT2D eigenvalue weighted by atomic mass is 10.2. The van der Waals surface area contributed by atoms with Gasteiger partial charge in [-0.3, -0.25) is 10.1 Å². The molecule has 108 valence electrons. The predicted molar refractivity (Wildman–Crippen MR) is 77.6 cm³/mol. The van der Waals surface area contributed by atoms with Crippen LogP contribution in [0.1, 0.15) is 10.4 Å². The molecular formula is C12H7Cl2N3O4. The average molecular weight is 328 g/mol. The molecule has 0 radical (unpaired) electrons. The Morgan fingerprint density at radius 2 is 1.86 bits per heavy atom. The van der Waals surface area contributed by atoms with Gasteiger partial charge in [-0.1, -0.05) is 23.2 Å². The molecule has 2 N–H and O–H groups in total. The van der Waals surface area contributed by atoms with Crippen molar-refractivity contribution < 1.29 is 14.8 Å². The van der Waals surface area contributed by atoms with E-state index in [0.717, 1.165) is 12.3 Å². The van der Waals surface area contributed by atoms with Crippen LogP contribution >= 0.6 is 23.2 Å². The Balaban J connectivity index is 2.39. The van der Waals surface area contributed by atoms with E-state index < -0.39 is 22.1 Å². The second kappa shape index (κ2) is 5.94. The van der Waals surface area contributed by atoms with Crippen molar-refractivity contribution in [2.24, 2.45) is 0 Å². The Kier molecular flexibility index (Phi) is 4.25. The van der Waals surface area contributed by atoms with Crippen LogP contribution in [0.4, 0.5) is 17.2 Å². The third-order valence-electron chi connectivity index (χ3n) is 2.44. The highest BCUT2D eigenvalue weighted by Gasteiger charge is 2.21. The molecule has 0 saturated heterocycles. The first-order valence-electron chi connectivity index (χ1n) is 5.47. The highest BCUT2D eigenvalue weighted by atomic mass is 35.5. The van der Waals surface area contributed by atoms with Crippen LogP contribution in [-0.2, 0) is 0 Å². The molecule has 1 aromatic carbocycles. The number of halogens is 2. The van der Waals surface area contributed by atoms with Crippen LogP contribution in [0.15, 0.2) is 30.5 Å². The van der Waals surface area contributed by atoms with E-state index in [0.29, 0.717) is 15.7 Å². The van der Waals surface area contributed by atoms with Crippen molar-refractivity contribution in [1.29, 1.82) is 0 Å². The van der Waals surface area contributed by atoms with E-state index in [1.807, 2.05) is 0 Å². The Morgan fingerprint density at radius 3 is 2.38 bits per heavy atom. The molecular weight excluding hydrogens is 321 g/mol. The summed E-state index contributed by atoms with van der Waals surface area (Å²) < 4.78 is 0. The summed E-state index contributed by atoms with van der Waals surface area (Å²) in [4.78, 5) is 24.8. The number of aromatic nitrogens is 1. The minimum atomic E-state index is -1.42. The van der Waals surface area contributed by atoms with E-state index in [1.54, 1.807) is 12.1 Å². The molecule has 7 nitrogen and oxygen atoms in total. The van der Waals surface area contributed by atoms with E-state index in [2.05, 4.69) is 10.3 Å². The fourth-order valence-corrected chi connectivity index (χ4v) is 2.13. The smallest absolute Gasteiger partial charge is 0.342 e. The lowest BCUT2D eigenvalue weighted by Gasteiger charge is -2.07. The summed E-state index contributed by atoms with van der Waals surface area (Å²) in [6, 6.07) is 5.70. The highest BCUT2D eigenvalue weighted by molar-refractivity contribution is 6.35. The normalized spacial score (nSPS) is 10.2. The van der Waals surface area contributed by atoms with Gasteiger partial charge in [0, 0.05) is 21.8 Å². The zero-order chi connectivity index (χ0) is 15.6. The van der Waals surface area contributed by atoms with Crippen LogP contribution in [0.3, 0.4) is 0 Å². The number of nitrogens with one attached hydrogen (secondary N) is 1. The van der Waals surface area contributed by atoms with Gasteiger partial charge in [0.05, 0.1) is 4.92 Å². The third kappa shape index (κ3) is 3.59. The largest absolute Gasteiger partial charge is 0.477 e. The van der Waals surface area contributed by atoms with Gasteiger partial charge in [0.1, 0.15) is 17.6 Å². The minimum absolute atomic E-state index is 0.122. The van der Waals surface area contributed by atoms with Gasteiger partial charge in [0.15, 0.2) is 0 Å². The number of nitrogens with zero attached hydrogens (tertiary/aromatic N) is 2. The lowest BCUT2D eigenvalue weighted by Crippen LogP contribution is -2.05. The molecule has 0 atom stereocenters. The quantitative estimate of drug-likeness (QED) is 0.654. The third-order valence-corrected chi connectivity index (χ3v) is 2.88. The summed E-state index contributed by atoms with van der Waals surface area (Å²) >= 11 is 11.7. The molecule has 0 bridgehead atoms. The first-order chi connectivity index (χ1) is 9.86. The summed E-state index contributed by atoms with van der Waals surface area (Å²) in [5.41, 5.74) is -0.576. The molecule has 0 fully saturated rings. The number of carboxylic acid groups (broad SMARTS) is 1. The Morgan fingerprint density at radius 1 is 1.24 bits per heavy atom. The number of hydrogen-bond acceptors (Lipinski definition) is 5. The molecule has 2 aromatic rings. The number of rotatable bonds is 4. The molecule has 0 saturated carbocycles. The first kappa shape index (κ1) is 15.0. The number of carboxylic acids is 1. The van der Waals surface area contributed by atoms with Gasteiger partial charge in [0.2, 0.25) is 0 Å². The number of benzene rings is 1. The number of nitro groups is 1. The summed E-state index contributed by atoms with van der Waals surface area (Å²) in [6.45, 7) is 0. The zero-order valence-electron chi connectivity index (χ0n) is 10.2. The van der Waals surface area contributed by atoms with Gasteiger partial charge in [-0.2, -0.15) is 0 Å². The van der Waals surface area contributed by atoms with Crippen LogP contribution in [0.2, 0.25) is 10.0 Å². The average Bonchev–Trinajstić information content (AvgIpc) is 2.36.